The number of thioether (sulfide) groups is 1. The molecule has 0 radical (unpaired) electrons. The summed E-state index contributed by atoms with van der Waals surface area (Å²) < 4.78 is 14.6. The number of imide groups is 1. The molecule has 2 amide bonds. The number of carbonyl (C=O) groups excluding carboxylic acids is 2. The molecular weight excluding hydrogens is 516 g/mol. The van der Waals surface area contributed by atoms with Crippen LogP contribution in [0.4, 0.5) is 5.69 Å². The third-order valence-electron chi connectivity index (χ3n) is 6.90. The van der Waals surface area contributed by atoms with Gasteiger partial charge in [-0.3, -0.25) is 9.59 Å². The standard InChI is InChI=1S/C29H26N4O5S/c1-32-17-30-31-29(32)39-16-22-14-25(19-8-6-18(15-34)7-9-19)38-28(37-22)20-10-12-21(13-11-20)33-26(35)23-4-2-3-5-24(23)27(33)36/h2-13,17,22,25,28,34H,14-16H2,1H3/t22-,25+,28+/m1/s1. The molecule has 0 saturated carbocycles. The van der Waals surface area contributed by atoms with Gasteiger partial charge in [0.2, 0.25) is 0 Å². The number of nitrogens with zero attached hydrogens (tertiary/aromatic N) is 4. The van der Waals surface area contributed by atoms with Crippen molar-refractivity contribution in [2.45, 2.75) is 36.7 Å². The molecule has 1 fully saturated rings. The number of benzene rings is 3. The highest BCUT2D eigenvalue weighted by Gasteiger charge is 2.37. The van der Waals surface area contributed by atoms with E-state index in [1.54, 1.807) is 54.5 Å². The zero-order valence-corrected chi connectivity index (χ0v) is 22.0. The average Bonchev–Trinajstić information content (AvgIpc) is 3.51. The molecular formula is C29H26N4O5S. The first-order chi connectivity index (χ1) is 19.0. The van der Waals surface area contributed by atoms with Crippen molar-refractivity contribution in [2.24, 2.45) is 7.05 Å². The molecule has 3 atom stereocenters. The van der Waals surface area contributed by atoms with Crippen LogP contribution in [0.1, 0.15) is 56.2 Å². The van der Waals surface area contributed by atoms with Gasteiger partial charge in [-0.1, -0.05) is 60.3 Å². The lowest BCUT2D eigenvalue weighted by molar-refractivity contribution is -0.245. The predicted octanol–water partition coefficient (Wildman–Crippen LogP) is 4.45. The number of rotatable bonds is 7. The number of hydrogen-bond donors (Lipinski definition) is 1. The fraction of sp³-hybridized carbons (Fsp3) is 0.241. The van der Waals surface area contributed by atoms with Gasteiger partial charge < -0.3 is 19.1 Å². The van der Waals surface area contributed by atoms with Crippen molar-refractivity contribution < 1.29 is 24.2 Å². The van der Waals surface area contributed by atoms with Gasteiger partial charge in [0.05, 0.1) is 35.6 Å². The minimum Gasteiger partial charge on any atom is -0.392 e. The van der Waals surface area contributed by atoms with E-state index in [-0.39, 0.29) is 30.6 Å². The Hall–Kier alpha value is -3.83. The van der Waals surface area contributed by atoms with Gasteiger partial charge in [0.25, 0.3) is 11.8 Å². The number of ether oxygens (including phenoxy) is 2. The van der Waals surface area contributed by atoms with Crippen LogP contribution >= 0.6 is 11.8 Å². The second-order valence-electron chi connectivity index (χ2n) is 9.47. The van der Waals surface area contributed by atoms with Gasteiger partial charge in [-0.25, -0.2) is 4.90 Å². The van der Waals surface area contributed by atoms with Crippen LogP contribution in [0.3, 0.4) is 0 Å². The zero-order valence-electron chi connectivity index (χ0n) is 21.1. The molecule has 0 spiro atoms. The summed E-state index contributed by atoms with van der Waals surface area (Å²) in [6.07, 6.45) is 1.30. The smallest absolute Gasteiger partial charge is 0.266 e. The van der Waals surface area contributed by atoms with E-state index in [0.29, 0.717) is 29.0 Å². The van der Waals surface area contributed by atoms with Crippen molar-refractivity contribution in [2.75, 3.05) is 10.7 Å². The van der Waals surface area contributed by atoms with Crippen molar-refractivity contribution in [1.82, 2.24) is 14.8 Å². The van der Waals surface area contributed by atoms with Crippen LogP contribution in [0.5, 0.6) is 0 Å². The molecule has 1 N–H and O–H groups in total. The Kier molecular flexibility index (Phi) is 7.01. The Bertz CT molecular complexity index is 1470. The number of fused-ring (bicyclic) bond motifs is 1. The lowest BCUT2D eigenvalue weighted by Gasteiger charge is -2.36. The number of hydrogen-bond acceptors (Lipinski definition) is 8. The molecule has 1 saturated heterocycles. The van der Waals surface area contributed by atoms with Crippen molar-refractivity contribution >= 4 is 29.3 Å². The number of aliphatic hydroxyl groups is 1. The van der Waals surface area contributed by atoms with E-state index in [2.05, 4.69) is 10.2 Å². The second kappa shape index (κ2) is 10.7. The van der Waals surface area contributed by atoms with E-state index in [0.717, 1.165) is 21.8 Å². The van der Waals surface area contributed by atoms with E-state index in [1.807, 2.05) is 48.0 Å². The molecule has 10 heteroatoms. The van der Waals surface area contributed by atoms with Gasteiger partial charge >= 0.3 is 0 Å². The maximum atomic E-state index is 12.9. The second-order valence-corrected chi connectivity index (χ2v) is 10.5. The van der Waals surface area contributed by atoms with Gasteiger partial charge in [-0.2, -0.15) is 0 Å². The van der Waals surface area contributed by atoms with Crippen LogP contribution < -0.4 is 4.90 Å². The minimum absolute atomic E-state index is 0.0199. The van der Waals surface area contributed by atoms with Crippen LogP contribution in [0.25, 0.3) is 0 Å². The first kappa shape index (κ1) is 25.4. The number of aromatic nitrogens is 3. The number of carbonyl (C=O) groups is 2. The topological polar surface area (TPSA) is 107 Å². The molecule has 4 aromatic rings. The van der Waals surface area contributed by atoms with Crippen LogP contribution in [0.2, 0.25) is 0 Å². The fourth-order valence-electron chi connectivity index (χ4n) is 4.80. The molecule has 198 valence electrons. The summed E-state index contributed by atoms with van der Waals surface area (Å²) in [4.78, 5) is 27.0. The Labute approximate surface area is 229 Å². The average molecular weight is 543 g/mol. The summed E-state index contributed by atoms with van der Waals surface area (Å²) in [7, 11) is 1.90. The monoisotopic (exact) mass is 542 g/mol. The largest absolute Gasteiger partial charge is 0.392 e. The van der Waals surface area contributed by atoms with Crippen molar-refractivity contribution in [3.63, 3.8) is 0 Å². The predicted molar refractivity (Wildman–Crippen MR) is 144 cm³/mol. The van der Waals surface area contributed by atoms with E-state index < -0.39 is 6.29 Å². The minimum atomic E-state index is -0.650. The summed E-state index contributed by atoms with van der Waals surface area (Å²) in [5, 5.41) is 18.3. The summed E-state index contributed by atoms with van der Waals surface area (Å²) in [6.45, 7) is -0.0199. The highest BCUT2D eigenvalue weighted by Crippen LogP contribution is 2.40. The van der Waals surface area contributed by atoms with Gasteiger partial charge in [-0.15, -0.1) is 10.2 Å². The lowest BCUT2D eigenvalue weighted by atomic mass is 10.0. The molecule has 2 aliphatic rings. The molecule has 9 nitrogen and oxygen atoms in total. The van der Waals surface area contributed by atoms with Gasteiger partial charge in [0.15, 0.2) is 11.4 Å². The number of anilines is 1. The van der Waals surface area contributed by atoms with Gasteiger partial charge in [0, 0.05) is 24.8 Å². The maximum Gasteiger partial charge on any atom is 0.266 e. The Morgan fingerprint density at radius 1 is 0.923 bits per heavy atom. The van der Waals surface area contributed by atoms with Crippen molar-refractivity contribution in [3.05, 3.63) is 107 Å². The molecule has 1 aromatic heterocycles. The summed E-state index contributed by atoms with van der Waals surface area (Å²) in [5.41, 5.74) is 3.91. The molecule has 39 heavy (non-hydrogen) atoms. The summed E-state index contributed by atoms with van der Waals surface area (Å²) in [6, 6.07) is 21.7. The molecule has 3 heterocycles. The van der Waals surface area contributed by atoms with Crippen LogP contribution in [0.15, 0.2) is 84.3 Å². The molecule has 3 aromatic carbocycles. The molecule has 0 aliphatic carbocycles. The number of aliphatic hydroxyl groups excluding tert-OH is 1. The molecule has 0 unspecified atom stereocenters. The Morgan fingerprint density at radius 3 is 2.21 bits per heavy atom. The highest BCUT2D eigenvalue weighted by atomic mass is 32.2. The molecule has 0 bridgehead atoms. The van der Waals surface area contributed by atoms with Crippen molar-refractivity contribution in [1.29, 1.82) is 0 Å². The number of aryl methyl sites for hydroxylation is 1. The molecule has 6 rings (SSSR count). The fourth-order valence-corrected chi connectivity index (χ4v) is 5.70. The van der Waals surface area contributed by atoms with E-state index in [4.69, 9.17) is 9.47 Å². The normalized spacial score (nSPS) is 20.9. The highest BCUT2D eigenvalue weighted by molar-refractivity contribution is 7.99. The van der Waals surface area contributed by atoms with Gasteiger partial charge in [-0.05, 0) is 35.4 Å². The quantitative estimate of drug-likeness (QED) is 0.270. The first-order valence-corrected chi connectivity index (χ1v) is 13.6. The van der Waals surface area contributed by atoms with Crippen LogP contribution in [-0.4, -0.2) is 43.5 Å². The van der Waals surface area contributed by atoms with Crippen LogP contribution in [0, 0.1) is 0 Å². The lowest BCUT2D eigenvalue weighted by Crippen LogP contribution is -2.31. The maximum absolute atomic E-state index is 12.9. The summed E-state index contributed by atoms with van der Waals surface area (Å²) in [5.74, 6) is -0.00776. The zero-order chi connectivity index (χ0) is 26.9. The Morgan fingerprint density at radius 2 is 1.59 bits per heavy atom. The third-order valence-corrected chi connectivity index (χ3v) is 8.07. The van der Waals surface area contributed by atoms with E-state index >= 15 is 0 Å². The third kappa shape index (κ3) is 4.99. The van der Waals surface area contributed by atoms with Gasteiger partial charge in [0.1, 0.15) is 6.33 Å². The first-order valence-electron chi connectivity index (χ1n) is 12.6. The van der Waals surface area contributed by atoms with E-state index in [1.165, 1.54) is 4.90 Å². The molecule has 2 aliphatic heterocycles. The summed E-state index contributed by atoms with van der Waals surface area (Å²) >= 11 is 1.57. The SMILES string of the molecule is Cn1cnnc1SC[C@H]1C[C@@H](c2ccc(CO)cc2)O[C@@H](c2ccc(N3C(=O)c4ccccc4C3=O)cc2)O1. The Balaban J connectivity index is 1.23. The van der Waals surface area contributed by atoms with Crippen molar-refractivity contribution in [3.8, 4) is 0 Å². The van der Waals surface area contributed by atoms with E-state index in [9.17, 15) is 14.7 Å². The van der Waals surface area contributed by atoms with Crippen LogP contribution in [-0.2, 0) is 23.1 Å². The number of amides is 2.